The van der Waals surface area contributed by atoms with Gasteiger partial charge in [-0.2, -0.15) is 0 Å². The number of para-hydroxylation sites is 3. The summed E-state index contributed by atoms with van der Waals surface area (Å²) in [6.07, 6.45) is 0.872. The molecule has 112 valence electrons. The first-order valence-corrected chi connectivity index (χ1v) is 6.85. The Labute approximate surface area is 127 Å². The minimum atomic E-state index is -0.883. The molecule has 3 rings (SSSR count). The van der Waals surface area contributed by atoms with E-state index in [1.165, 1.54) is 7.11 Å². The Morgan fingerprint density at radius 3 is 2.64 bits per heavy atom. The second-order valence-corrected chi connectivity index (χ2v) is 4.85. The van der Waals surface area contributed by atoms with Gasteiger partial charge in [-0.25, -0.2) is 4.79 Å². The van der Waals surface area contributed by atoms with Gasteiger partial charge in [0.15, 0.2) is 0 Å². The van der Waals surface area contributed by atoms with Crippen LogP contribution in [-0.4, -0.2) is 18.1 Å². The number of nitrogens with one attached hydrogen (secondary N) is 1. The van der Waals surface area contributed by atoms with Crippen LogP contribution < -0.4 is 10.5 Å². The quantitative estimate of drug-likeness (QED) is 0.573. The number of nitrogens with two attached hydrogens (primary N) is 1. The summed E-state index contributed by atoms with van der Waals surface area (Å²) in [5, 5.41) is 0.910. The Kier molecular flexibility index (Phi) is 3.70. The van der Waals surface area contributed by atoms with E-state index >= 15 is 0 Å². The van der Waals surface area contributed by atoms with Crippen LogP contribution in [0.25, 0.3) is 10.9 Å². The molecule has 0 saturated heterocycles. The lowest BCUT2D eigenvalue weighted by Crippen LogP contribution is -2.20. The number of nitrogen functional groups attached to an aromatic ring is 1. The second kappa shape index (κ2) is 5.81. The van der Waals surface area contributed by atoms with Gasteiger partial charge in [0.2, 0.25) is 6.10 Å². The summed E-state index contributed by atoms with van der Waals surface area (Å²) >= 11 is 0. The van der Waals surface area contributed by atoms with Crippen molar-refractivity contribution in [1.29, 1.82) is 0 Å². The van der Waals surface area contributed by atoms with Crippen molar-refractivity contribution in [3.63, 3.8) is 0 Å². The van der Waals surface area contributed by atoms with Crippen molar-refractivity contribution in [2.75, 3.05) is 12.8 Å². The lowest BCUT2D eigenvalue weighted by molar-refractivity contribution is -0.149. The standard InChI is InChI=1S/C17H16N2O3/c1-21-17(20)16(22-15-9-5-3-7-13(15)18)12-10-19-14-8-4-2-6-11(12)14/h2-10,16,19H,18H2,1H3. The Bertz CT molecular complexity index is 810. The summed E-state index contributed by atoms with van der Waals surface area (Å²) in [6.45, 7) is 0. The van der Waals surface area contributed by atoms with Crippen LogP contribution in [0.1, 0.15) is 11.7 Å². The number of H-pyrrole nitrogens is 1. The molecule has 0 spiro atoms. The van der Waals surface area contributed by atoms with Gasteiger partial charge in [-0.15, -0.1) is 0 Å². The molecular weight excluding hydrogens is 280 g/mol. The van der Waals surface area contributed by atoms with Gasteiger partial charge >= 0.3 is 5.97 Å². The summed E-state index contributed by atoms with van der Waals surface area (Å²) < 4.78 is 10.7. The highest BCUT2D eigenvalue weighted by Gasteiger charge is 2.27. The second-order valence-electron chi connectivity index (χ2n) is 4.85. The van der Waals surface area contributed by atoms with E-state index < -0.39 is 12.1 Å². The summed E-state index contributed by atoms with van der Waals surface area (Å²) in [5.41, 5.74) is 8.00. The highest BCUT2D eigenvalue weighted by molar-refractivity contribution is 5.89. The number of carbonyl (C=O) groups excluding carboxylic acids is 1. The van der Waals surface area contributed by atoms with Crippen molar-refractivity contribution in [1.82, 2.24) is 4.98 Å². The molecule has 5 nitrogen and oxygen atoms in total. The van der Waals surface area contributed by atoms with Gasteiger partial charge in [0.1, 0.15) is 5.75 Å². The highest BCUT2D eigenvalue weighted by atomic mass is 16.6. The minimum Gasteiger partial charge on any atom is -0.472 e. The molecule has 0 radical (unpaired) electrons. The van der Waals surface area contributed by atoms with Crippen molar-refractivity contribution in [2.24, 2.45) is 0 Å². The molecule has 5 heteroatoms. The molecule has 0 saturated carbocycles. The number of ether oxygens (including phenoxy) is 2. The van der Waals surface area contributed by atoms with Crippen molar-refractivity contribution < 1.29 is 14.3 Å². The smallest absolute Gasteiger partial charge is 0.351 e. The first-order chi connectivity index (χ1) is 10.7. The third-order valence-corrected chi connectivity index (χ3v) is 3.48. The summed E-state index contributed by atoms with van der Waals surface area (Å²) in [6, 6.07) is 14.7. The summed E-state index contributed by atoms with van der Waals surface area (Å²) in [5.74, 6) is -0.0313. The normalized spacial score (nSPS) is 12.0. The first-order valence-electron chi connectivity index (χ1n) is 6.85. The third kappa shape index (κ3) is 2.48. The number of anilines is 1. The molecule has 0 aliphatic carbocycles. The maximum absolute atomic E-state index is 12.2. The molecule has 1 aromatic heterocycles. The van der Waals surface area contributed by atoms with Gasteiger partial charge in [0.25, 0.3) is 0 Å². The Morgan fingerprint density at radius 2 is 1.86 bits per heavy atom. The van der Waals surface area contributed by atoms with E-state index in [2.05, 4.69) is 4.98 Å². The Morgan fingerprint density at radius 1 is 1.14 bits per heavy atom. The fraction of sp³-hybridized carbons (Fsp3) is 0.118. The zero-order valence-corrected chi connectivity index (χ0v) is 12.1. The lowest BCUT2D eigenvalue weighted by Gasteiger charge is -2.17. The van der Waals surface area contributed by atoms with Gasteiger partial charge < -0.3 is 20.2 Å². The van der Waals surface area contributed by atoms with Gasteiger partial charge in [0, 0.05) is 22.7 Å². The van der Waals surface area contributed by atoms with Crippen LogP contribution in [-0.2, 0) is 9.53 Å². The number of hydrogen-bond donors (Lipinski definition) is 2. The molecule has 22 heavy (non-hydrogen) atoms. The van der Waals surface area contributed by atoms with Gasteiger partial charge in [-0.1, -0.05) is 30.3 Å². The summed E-state index contributed by atoms with van der Waals surface area (Å²) in [4.78, 5) is 15.3. The molecule has 0 bridgehead atoms. The topological polar surface area (TPSA) is 77.3 Å². The number of hydrogen-bond acceptors (Lipinski definition) is 4. The molecule has 1 unspecified atom stereocenters. The number of methoxy groups -OCH3 is 1. The molecule has 3 N–H and O–H groups in total. The van der Waals surface area contributed by atoms with Crippen LogP contribution in [0.5, 0.6) is 5.75 Å². The van der Waals surface area contributed by atoms with Crippen LogP contribution in [0, 0.1) is 0 Å². The molecule has 0 aliphatic rings. The summed E-state index contributed by atoms with van der Waals surface area (Å²) in [7, 11) is 1.34. The monoisotopic (exact) mass is 296 g/mol. The Hall–Kier alpha value is -2.95. The average molecular weight is 296 g/mol. The van der Waals surface area contributed by atoms with Crippen LogP contribution in [0.3, 0.4) is 0 Å². The maximum atomic E-state index is 12.2. The van der Waals surface area contributed by atoms with Crippen molar-refractivity contribution in [2.45, 2.75) is 6.10 Å². The largest absolute Gasteiger partial charge is 0.472 e. The van der Waals surface area contributed by atoms with Gasteiger partial charge in [-0.3, -0.25) is 0 Å². The first kappa shape index (κ1) is 14.0. The van der Waals surface area contributed by atoms with E-state index in [1.54, 1.807) is 30.5 Å². The predicted molar refractivity (Wildman–Crippen MR) is 84.5 cm³/mol. The number of benzene rings is 2. The Balaban J connectivity index is 2.04. The predicted octanol–water partition coefficient (Wildman–Crippen LogP) is 3.04. The van der Waals surface area contributed by atoms with Crippen LogP contribution >= 0.6 is 0 Å². The number of esters is 1. The van der Waals surface area contributed by atoms with Crippen LogP contribution in [0.15, 0.2) is 54.7 Å². The van der Waals surface area contributed by atoms with Crippen molar-refractivity contribution in [3.8, 4) is 5.75 Å². The molecule has 0 aliphatic heterocycles. The number of carbonyl (C=O) groups is 1. The number of fused-ring (bicyclic) bond motifs is 1. The molecule has 3 aromatic rings. The van der Waals surface area contributed by atoms with Crippen molar-refractivity contribution in [3.05, 3.63) is 60.3 Å². The number of rotatable bonds is 4. The third-order valence-electron chi connectivity index (χ3n) is 3.48. The van der Waals surface area contributed by atoms with Crippen molar-refractivity contribution >= 4 is 22.6 Å². The maximum Gasteiger partial charge on any atom is 0.351 e. The van der Waals surface area contributed by atoms with E-state index in [9.17, 15) is 4.79 Å². The molecule has 0 fully saturated rings. The zero-order valence-electron chi connectivity index (χ0n) is 12.1. The molecular formula is C17H16N2O3. The van der Waals surface area contributed by atoms with Gasteiger partial charge in [0.05, 0.1) is 12.8 Å². The molecule has 2 aromatic carbocycles. The van der Waals surface area contributed by atoms with E-state index in [1.807, 2.05) is 24.3 Å². The van der Waals surface area contributed by atoms with Crippen LogP contribution in [0.2, 0.25) is 0 Å². The van der Waals surface area contributed by atoms with Crippen LogP contribution in [0.4, 0.5) is 5.69 Å². The minimum absolute atomic E-state index is 0.447. The van der Waals surface area contributed by atoms with E-state index in [0.717, 1.165) is 10.9 Å². The fourth-order valence-corrected chi connectivity index (χ4v) is 2.37. The van der Waals surface area contributed by atoms with Gasteiger partial charge in [-0.05, 0) is 18.2 Å². The number of aromatic amines is 1. The SMILES string of the molecule is COC(=O)C(Oc1ccccc1N)c1c[nH]c2ccccc12. The average Bonchev–Trinajstić information content (AvgIpc) is 2.97. The highest BCUT2D eigenvalue weighted by Crippen LogP contribution is 2.31. The van der Waals surface area contributed by atoms with E-state index in [-0.39, 0.29) is 0 Å². The molecule has 1 atom stereocenters. The molecule has 0 amide bonds. The lowest BCUT2D eigenvalue weighted by atomic mass is 10.1. The fourth-order valence-electron chi connectivity index (χ4n) is 2.37. The van der Waals surface area contributed by atoms with E-state index in [4.69, 9.17) is 15.2 Å². The molecule has 1 heterocycles. The zero-order chi connectivity index (χ0) is 15.5. The van der Waals surface area contributed by atoms with E-state index in [0.29, 0.717) is 17.0 Å². The number of aromatic nitrogens is 1.